The second kappa shape index (κ2) is 7.51. The molecule has 1 heterocycles. The lowest BCUT2D eigenvalue weighted by molar-refractivity contribution is 0.522. The Labute approximate surface area is 120 Å². The summed E-state index contributed by atoms with van der Waals surface area (Å²) in [7, 11) is 0. The molecule has 1 aromatic heterocycles. The van der Waals surface area contributed by atoms with Crippen molar-refractivity contribution >= 4 is 22.7 Å². The molecule has 0 radical (unpaired) electrons. The Morgan fingerprint density at radius 3 is 3.00 bits per heavy atom. The van der Waals surface area contributed by atoms with Crippen molar-refractivity contribution in [1.29, 1.82) is 0 Å². The third-order valence-corrected chi connectivity index (χ3v) is 3.93. The van der Waals surface area contributed by atoms with E-state index in [1.165, 1.54) is 29.5 Å². The van der Waals surface area contributed by atoms with E-state index in [0.29, 0.717) is 6.04 Å². The zero-order valence-electron chi connectivity index (χ0n) is 11.7. The number of hydrogen-bond acceptors (Lipinski definition) is 3. The Hall–Kier alpha value is -1.06. The highest BCUT2D eigenvalue weighted by Crippen LogP contribution is 2.22. The molecule has 0 aliphatic rings. The van der Waals surface area contributed by atoms with E-state index in [4.69, 9.17) is 0 Å². The van der Waals surface area contributed by atoms with Crippen molar-refractivity contribution in [2.45, 2.75) is 25.8 Å². The van der Waals surface area contributed by atoms with E-state index in [1.54, 1.807) is 0 Å². The van der Waals surface area contributed by atoms with Crippen molar-refractivity contribution in [2.24, 2.45) is 0 Å². The monoisotopic (exact) mass is 274 g/mol. The minimum atomic E-state index is 0.443. The number of aromatic nitrogens is 1. The Kier molecular flexibility index (Phi) is 5.67. The van der Waals surface area contributed by atoms with Crippen LogP contribution in [0.1, 0.15) is 31.4 Å². The number of nitrogens with one attached hydrogen (secondary N) is 1. The van der Waals surface area contributed by atoms with Gasteiger partial charge in [0.05, 0.1) is 5.52 Å². The van der Waals surface area contributed by atoms with Crippen LogP contribution in [0.25, 0.3) is 10.9 Å². The van der Waals surface area contributed by atoms with Gasteiger partial charge in [0.1, 0.15) is 0 Å². The summed E-state index contributed by atoms with van der Waals surface area (Å²) in [4.78, 5) is 4.45. The van der Waals surface area contributed by atoms with Crippen molar-refractivity contribution in [2.75, 3.05) is 18.6 Å². The molecule has 19 heavy (non-hydrogen) atoms. The molecule has 0 spiro atoms. The van der Waals surface area contributed by atoms with Gasteiger partial charge in [0.15, 0.2) is 0 Å². The number of fused-ring (bicyclic) bond motifs is 1. The van der Waals surface area contributed by atoms with Crippen LogP contribution < -0.4 is 5.32 Å². The van der Waals surface area contributed by atoms with E-state index in [9.17, 15) is 0 Å². The van der Waals surface area contributed by atoms with Gasteiger partial charge in [0.2, 0.25) is 0 Å². The molecule has 0 aliphatic carbocycles. The van der Waals surface area contributed by atoms with Gasteiger partial charge in [-0.1, -0.05) is 25.1 Å². The van der Waals surface area contributed by atoms with Gasteiger partial charge in [-0.3, -0.25) is 4.98 Å². The first-order valence-electron chi connectivity index (χ1n) is 6.92. The summed E-state index contributed by atoms with van der Waals surface area (Å²) in [5.41, 5.74) is 2.45. The van der Waals surface area contributed by atoms with E-state index >= 15 is 0 Å². The van der Waals surface area contributed by atoms with Crippen LogP contribution in [0.4, 0.5) is 0 Å². The normalized spacial score (nSPS) is 12.7. The maximum Gasteiger partial charge on any atom is 0.0705 e. The van der Waals surface area contributed by atoms with Crippen LogP contribution >= 0.6 is 11.8 Å². The minimum absolute atomic E-state index is 0.443. The topological polar surface area (TPSA) is 24.9 Å². The summed E-state index contributed by atoms with van der Waals surface area (Å²) in [5, 5.41) is 4.86. The maximum absolute atomic E-state index is 4.45. The first kappa shape index (κ1) is 14.4. The van der Waals surface area contributed by atoms with Gasteiger partial charge < -0.3 is 5.32 Å². The van der Waals surface area contributed by atoms with Crippen molar-refractivity contribution in [3.8, 4) is 0 Å². The molecule has 3 heteroatoms. The Morgan fingerprint density at radius 2 is 2.21 bits per heavy atom. The molecule has 1 atom stereocenters. The molecule has 0 saturated heterocycles. The molecule has 0 fully saturated rings. The van der Waals surface area contributed by atoms with Gasteiger partial charge >= 0.3 is 0 Å². The van der Waals surface area contributed by atoms with Crippen LogP contribution in [-0.4, -0.2) is 23.5 Å². The van der Waals surface area contributed by atoms with E-state index in [-0.39, 0.29) is 0 Å². The van der Waals surface area contributed by atoms with E-state index in [1.807, 2.05) is 24.0 Å². The number of pyridine rings is 1. The quantitative estimate of drug-likeness (QED) is 0.825. The van der Waals surface area contributed by atoms with Crippen LogP contribution in [0.15, 0.2) is 36.5 Å². The molecule has 0 bridgehead atoms. The Bertz CT molecular complexity index is 505. The SMILES string of the molecule is CCCNC(CCSC)c1ccc2cccnc2c1. The van der Waals surface area contributed by atoms with Crippen LogP contribution in [0, 0.1) is 0 Å². The van der Waals surface area contributed by atoms with Crippen molar-refractivity contribution in [3.05, 3.63) is 42.1 Å². The lowest BCUT2D eigenvalue weighted by Gasteiger charge is -2.19. The van der Waals surface area contributed by atoms with E-state index in [2.05, 4.69) is 47.7 Å². The maximum atomic E-state index is 4.45. The summed E-state index contributed by atoms with van der Waals surface area (Å²) < 4.78 is 0. The molecule has 102 valence electrons. The lowest BCUT2D eigenvalue weighted by Crippen LogP contribution is -2.22. The van der Waals surface area contributed by atoms with Crippen molar-refractivity contribution in [3.63, 3.8) is 0 Å². The van der Waals surface area contributed by atoms with Gasteiger partial charge in [-0.25, -0.2) is 0 Å². The van der Waals surface area contributed by atoms with E-state index < -0.39 is 0 Å². The summed E-state index contributed by atoms with van der Waals surface area (Å²) in [5.74, 6) is 1.18. The summed E-state index contributed by atoms with van der Waals surface area (Å²) in [6, 6.07) is 11.2. The number of rotatable bonds is 7. The average Bonchev–Trinajstić information content (AvgIpc) is 2.47. The van der Waals surface area contributed by atoms with Crippen LogP contribution in [-0.2, 0) is 0 Å². The van der Waals surface area contributed by atoms with Crippen LogP contribution in [0.3, 0.4) is 0 Å². The number of benzene rings is 1. The first-order valence-corrected chi connectivity index (χ1v) is 8.31. The first-order chi connectivity index (χ1) is 9.35. The lowest BCUT2D eigenvalue weighted by atomic mass is 10.0. The molecule has 2 rings (SSSR count). The van der Waals surface area contributed by atoms with Gasteiger partial charge in [0.25, 0.3) is 0 Å². The van der Waals surface area contributed by atoms with Gasteiger partial charge in [-0.15, -0.1) is 0 Å². The fourth-order valence-electron chi connectivity index (χ4n) is 2.24. The van der Waals surface area contributed by atoms with Crippen molar-refractivity contribution in [1.82, 2.24) is 10.3 Å². The average molecular weight is 274 g/mol. The third kappa shape index (κ3) is 3.95. The molecule has 1 unspecified atom stereocenters. The fourth-order valence-corrected chi connectivity index (χ4v) is 2.71. The molecule has 1 N–H and O–H groups in total. The van der Waals surface area contributed by atoms with Crippen LogP contribution in [0.5, 0.6) is 0 Å². The van der Waals surface area contributed by atoms with E-state index in [0.717, 1.165) is 12.1 Å². The third-order valence-electron chi connectivity index (χ3n) is 3.28. The minimum Gasteiger partial charge on any atom is -0.310 e. The molecule has 2 aromatic rings. The van der Waals surface area contributed by atoms with Crippen LogP contribution in [0.2, 0.25) is 0 Å². The van der Waals surface area contributed by atoms with Gasteiger partial charge in [-0.05, 0) is 49.1 Å². The Morgan fingerprint density at radius 1 is 1.32 bits per heavy atom. The second-order valence-electron chi connectivity index (χ2n) is 4.74. The predicted molar refractivity (Wildman–Crippen MR) is 85.8 cm³/mol. The molecule has 0 aliphatic heterocycles. The molecular weight excluding hydrogens is 252 g/mol. The Balaban J connectivity index is 2.21. The zero-order chi connectivity index (χ0) is 13.5. The standard InChI is InChI=1S/C16H22N2S/c1-3-9-17-15(8-11-19-2)14-7-6-13-5-4-10-18-16(13)12-14/h4-7,10,12,15,17H,3,8-9,11H2,1-2H3. The molecular formula is C16H22N2S. The van der Waals surface area contributed by atoms with Gasteiger partial charge in [-0.2, -0.15) is 11.8 Å². The van der Waals surface area contributed by atoms with Crippen molar-refractivity contribution < 1.29 is 0 Å². The fraction of sp³-hybridized carbons (Fsp3) is 0.438. The molecule has 0 saturated carbocycles. The number of nitrogens with zero attached hydrogens (tertiary/aromatic N) is 1. The summed E-state index contributed by atoms with van der Waals surface area (Å²) >= 11 is 1.91. The highest BCUT2D eigenvalue weighted by Gasteiger charge is 2.10. The highest BCUT2D eigenvalue weighted by atomic mass is 32.2. The summed E-state index contributed by atoms with van der Waals surface area (Å²) in [6.45, 7) is 3.28. The highest BCUT2D eigenvalue weighted by molar-refractivity contribution is 7.98. The summed E-state index contributed by atoms with van der Waals surface area (Å²) in [6.07, 6.45) is 6.36. The van der Waals surface area contributed by atoms with Gasteiger partial charge in [0, 0.05) is 17.6 Å². The largest absolute Gasteiger partial charge is 0.310 e. The molecule has 0 amide bonds. The molecule has 2 nitrogen and oxygen atoms in total. The predicted octanol–water partition coefficient (Wildman–Crippen LogP) is 4.03. The second-order valence-corrected chi connectivity index (χ2v) is 5.73. The number of hydrogen-bond donors (Lipinski definition) is 1. The zero-order valence-corrected chi connectivity index (χ0v) is 12.5. The number of thioether (sulfide) groups is 1. The smallest absolute Gasteiger partial charge is 0.0705 e. The molecule has 1 aromatic carbocycles.